The van der Waals surface area contributed by atoms with E-state index >= 15 is 0 Å². The second-order valence-electron chi connectivity index (χ2n) is 9.18. The van der Waals surface area contributed by atoms with Gasteiger partial charge in [-0.2, -0.15) is 5.10 Å². The number of amides is 1. The Hall–Kier alpha value is -2.76. The van der Waals surface area contributed by atoms with Gasteiger partial charge in [0.2, 0.25) is 0 Å². The molecule has 1 aromatic heterocycles. The van der Waals surface area contributed by atoms with E-state index in [0.29, 0.717) is 36.4 Å². The van der Waals surface area contributed by atoms with Gasteiger partial charge in [0, 0.05) is 43.5 Å². The average Bonchev–Trinajstić information content (AvgIpc) is 3.28. The van der Waals surface area contributed by atoms with Gasteiger partial charge in [-0.1, -0.05) is 15.9 Å². The number of aliphatic hydroxyl groups excluding tert-OH is 1. The van der Waals surface area contributed by atoms with E-state index < -0.39 is 12.3 Å². The molecule has 1 saturated heterocycles. The average molecular weight is 544 g/mol. The van der Waals surface area contributed by atoms with Crippen molar-refractivity contribution in [3.63, 3.8) is 0 Å². The molecule has 0 radical (unpaired) electrons. The summed E-state index contributed by atoms with van der Waals surface area (Å²) >= 11 is 3.60. The standard InChI is InChI=1S/C24H27BrFN7O2/c1-13(34)24(35)32-6-4-17(5-7-32)28-12-20-21(25)22(27)33-23(31-20)18(11-30-33)15-8-14-9-16(26)2-3-19(14)29-10-15/h2-3,8-11,13,17-18,21,23,27-28,34H,4-7,12H2,1H3. The Kier molecular flexibility index (Phi) is 6.65. The van der Waals surface area contributed by atoms with Gasteiger partial charge in [-0.3, -0.25) is 20.2 Å². The van der Waals surface area contributed by atoms with Crippen LogP contribution in [0.4, 0.5) is 4.39 Å². The van der Waals surface area contributed by atoms with Gasteiger partial charge in [-0.25, -0.2) is 9.40 Å². The van der Waals surface area contributed by atoms with Crippen molar-refractivity contribution in [3.05, 3.63) is 41.8 Å². The summed E-state index contributed by atoms with van der Waals surface area (Å²) in [5.74, 6) is -0.433. The number of amidine groups is 1. The number of halogens is 2. The molecule has 0 spiro atoms. The van der Waals surface area contributed by atoms with Crippen LogP contribution in [0.5, 0.6) is 0 Å². The number of fused-ring (bicyclic) bond motifs is 2. The zero-order valence-electron chi connectivity index (χ0n) is 19.2. The summed E-state index contributed by atoms with van der Waals surface area (Å²) in [6, 6.07) is 6.64. The van der Waals surface area contributed by atoms with Crippen LogP contribution < -0.4 is 5.32 Å². The van der Waals surface area contributed by atoms with Gasteiger partial charge in [0.25, 0.3) is 5.91 Å². The fourth-order valence-electron chi connectivity index (χ4n) is 4.80. The molecule has 184 valence electrons. The molecule has 35 heavy (non-hydrogen) atoms. The molecule has 2 aromatic rings. The summed E-state index contributed by atoms with van der Waals surface area (Å²) in [6.45, 7) is 3.20. The molecular weight excluding hydrogens is 517 g/mol. The van der Waals surface area contributed by atoms with Crippen molar-refractivity contribution in [3.8, 4) is 0 Å². The summed E-state index contributed by atoms with van der Waals surface area (Å²) in [5, 5.41) is 28.4. The van der Waals surface area contributed by atoms with Crippen LogP contribution in [-0.4, -0.2) is 86.4 Å². The van der Waals surface area contributed by atoms with E-state index in [0.717, 1.165) is 24.1 Å². The topological polar surface area (TPSA) is 117 Å². The van der Waals surface area contributed by atoms with Crippen LogP contribution in [-0.2, 0) is 4.79 Å². The SMILES string of the molecule is CC(O)C(=O)N1CCC(NCC2=NC3C(c4cnc5ccc(F)cc5c4)C=NN3C(=N)C2Br)CC1. The Morgan fingerprint density at radius 1 is 1.34 bits per heavy atom. The van der Waals surface area contributed by atoms with E-state index in [-0.39, 0.29) is 28.5 Å². The lowest BCUT2D eigenvalue weighted by Crippen LogP contribution is -2.52. The number of likely N-dealkylation sites (tertiary alicyclic amines) is 1. The quantitative estimate of drug-likeness (QED) is 0.500. The Balaban J connectivity index is 1.29. The van der Waals surface area contributed by atoms with Crippen LogP contribution in [0.2, 0.25) is 0 Å². The highest BCUT2D eigenvalue weighted by Crippen LogP contribution is 2.34. The largest absolute Gasteiger partial charge is 0.384 e. The first kappa shape index (κ1) is 24.0. The van der Waals surface area contributed by atoms with Crippen LogP contribution in [0.1, 0.15) is 31.2 Å². The van der Waals surface area contributed by atoms with E-state index in [9.17, 15) is 14.3 Å². The predicted octanol–water partition coefficient (Wildman–Crippen LogP) is 2.24. The van der Waals surface area contributed by atoms with Gasteiger partial charge in [0.05, 0.1) is 17.1 Å². The number of carbonyl (C=O) groups is 1. The second-order valence-corrected chi connectivity index (χ2v) is 10.1. The van der Waals surface area contributed by atoms with E-state index in [1.807, 2.05) is 6.07 Å². The lowest BCUT2D eigenvalue weighted by atomic mass is 9.96. The Morgan fingerprint density at radius 3 is 2.86 bits per heavy atom. The van der Waals surface area contributed by atoms with Gasteiger partial charge in [0.1, 0.15) is 22.6 Å². The van der Waals surface area contributed by atoms with E-state index in [2.05, 4.69) is 31.3 Å². The summed E-state index contributed by atoms with van der Waals surface area (Å²) in [4.78, 5) is 22.8. The maximum atomic E-state index is 13.7. The van der Waals surface area contributed by atoms with Crippen molar-refractivity contribution >= 4 is 50.5 Å². The minimum atomic E-state index is -0.974. The molecule has 3 N–H and O–H groups in total. The van der Waals surface area contributed by atoms with Crippen LogP contribution in [0.15, 0.2) is 40.6 Å². The Morgan fingerprint density at radius 2 is 2.11 bits per heavy atom. The van der Waals surface area contributed by atoms with Crippen molar-refractivity contribution in [2.75, 3.05) is 19.6 Å². The number of aromatic nitrogens is 1. The number of alkyl halides is 1. The van der Waals surface area contributed by atoms with E-state index in [1.165, 1.54) is 19.1 Å². The minimum Gasteiger partial charge on any atom is -0.384 e. The van der Waals surface area contributed by atoms with Gasteiger partial charge in [-0.15, -0.1) is 0 Å². The number of piperidine rings is 1. The number of pyridine rings is 1. The molecular formula is C24H27BrFN7O2. The molecule has 4 atom stereocenters. The molecule has 11 heteroatoms. The molecule has 1 aromatic carbocycles. The van der Waals surface area contributed by atoms with E-state index in [4.69, 9.17) is 10.4 Å². The Labute approximate surface area is 210 Å². The van der Waals surface area contributed by atoms with Gasteiger partial charge in [-0.05, 0) is 49.6 Å². The van der Waals surface area contributed by atoms with Crippen molar-refractivity contribution in [1.82, 2.24) is 20.2 Å². The monoisotopic (exact) mass is 543 g/mol. The number of hydrogen-bond acceptors (Lipinski definition) is 7. The van der Waals surface area contributed by atoms with Crippen molar-refractivity contribution < 1.29 is 14.3 Å². The first-order valence-corrected chi connectivity index (χ1v) is 12.6. The maximum absolute atomic E-state index is 13.7. The van der Waals surface area contributed by atoms with Crippen molar-refractivity contribution in [1.29, 1.82) is 5.41 Å². The van der Waals surface area contributed by atoms with Crippen LogP contribution in [0.3, 0.4) is 0 Å². The fraction of sp³-hybridized carbons (Fsp3) is 0.458. The number of hydrazone groups is 1. The third-order valence-corrected chi connectivity index (χ3v) is 7.75. The van der Waals surface area contributed by atoms with Gasteiger partial charge < -0.3 is 15.3 Å². The van der Waals surface area contributed by atoms with Crippen molar-refractivity contribution in [2.45, 2.75) is 48.8 Å². The van der Waals surface area contributed by atoms with Crippen molar-refractivity contribution in [2.24, 2.45) is 10.1 Å². The second kappa shape index (κ2) is 9.71. The summed E-state index contributed by atoms with van der Waals surface area (Å²) < 4.78 is 13.7. The number of hydrogen-bond donors (Lipinski definition) is 3. The number of rotatable bonds is 5. The molecule has 5 rings (SSSR count). The number of nitrogens with one attached hydrogen (secondary N) is 2. The van der Waals surface area contributed by atoms with Gasteiger partial charge in [0.15, 0.2) is 6.17 Å². The van der Waals surface area contributed by atoms with Crippen LogP contribution in [0.25, 0.3) is 10.9 Å². The van der Waals surface area contributed by atoms with E-state index in [1.54, 1.807) is 28.4 Å². The third-order valence-electron chi connectivity index (χ3n) is 6.79. The number of benzene rings is 1. The highest BCUT2D eigenvalue weighted by molar-refractivity contribution is 9.10. The predicted molar refractivity (Wildman–Crippen MR) is 136 cm³/mol. The molecule has 4 unspecified atom stereocenters. The zero-order chi connectivity index (χ0) is 24.7. The van der Waals surface area contributed by atoms with Crippen LogP contribution in [0, 0.1) is 11.2 Å². The molecule has 0 saturated carbocycles. The molecule has 0 bridgehead atoms. The highest BCUT2D eigenvalue weighted by Gasteiger charge is 2.41. The zero-order valence-corrected chi connectivity index (χ0v) is 20.8. The lowest BCUT2D eigenvalue weighted by Gasteiger charge is -2.35. The first-order valence-electron chi connectivity index (χ1n) is 11.7. The lowest BCUT2D eigenvalue weighted by molar-refractivity contribution is -0.140. The number of carbonyl (C=O) groups excluding carboxylic acids is 1. The van der Waals surface area contributed by atoms with Gasteiger partial charge >= 0.3 is 0 Å². The summed E-state index contributed by atoms with van der Waals surface area (Å²) in [7, 11) is 0. The third kappa shape index (κ3) is 4.72. The highest BCUT2D eigenvalue weighted by atomic mass is 79.9. The number of nitrogens with zero attached hydrogens (tertiary/aromatic N) is 5. The normalized spacial score (nSPS) is 25.7. The maximum Gasteiger partial charge on any atom is 0.251 e. The molecule has 1 amide bonds. The smallest absolute Gasteiger partial charge is 0.251 e. The molecule has 4 heterocycles. The van der Waals surface area contributed by atoms with Crippen LogP contribution >= 0.6 is 15.9 Å². The molecule has 0 aliphatic carbocycles. The number of aliphatic hydroxyl groups is 1. The minimum absolute atomic E-state index is 0.208. The molecule has 1 fully saturated rings. The fourth-order valence-corrected chi connectivity index (χ4v) is 5.29. The first-order chi connectivity index (χ1) is 16.8. The summed E-state index contributed by atoms with van der Waals surface area (Å²) in [5.41, 5.74) is 2.40. The number of aliphatic imine (C=N–C) groups is 1. The molecule has 3 aliphatic heterocycles. The summed E-state index contributed by atoms with van der Waals surface area (Å²) in [6.07, 6.45) is 3.74. The molecule has 3 aliphatic rings. The molecule has 9 nitrogen and oxygen atoms in total. The Bertz CT molecular complexity index is 1210.